The number of carbonyl (C=O) groups is 3. The summed E-state index contributed by atoms with van der Waals surface area (Å²) in [7, 11) is 1.50. The Morgan fingerprint density at radius 1 is 1.34 bits per heavy atom. The number of hydrogen-bond acceptors (Lipinski definition) is 7. The molecule has 1 atom stereocenters. The van der Waals surface area contributed by atoms with E-state index < -0.39 is 6.09 Å². The van der Waals surface area contributed by atoms with Crippen LogP contribution in [0.15, 0.2) is 41.3 Å². The van der Waals surface area contributed by atoms with Gasteiger partial charge in [-0.3, -0.25) is 14.5 Å². The summed E-state index contributed by atoms with van der Waals surface area (Å²) >= 11 is 1.47. The fourth-order valence-corrected chi connectivity index (χ4v) is 4.46. The molecule has 10 heteroatoms. The molecule has 2 aliphatic rings. The third kappa shape index (κ3) is 4.59. The van der Waals surface area contributed by atoms with E-state index in [1.807, 2.05) is 12.1 Å². The summed E-state index contributed by atoms with van der Waals surface area (Å²) in [5, 5.41) is 5.67. The highest BCUT2D eigenvalue weighted by molar-refractivity contribution is 8.00. The lowest BCUT2D eigenvalue weighted by atomic mass is 10.1. The largest absolute Gasteiger partial charge is 0.495 e. The minimum Gasteiger partial charge on any atom is -0.495 e. The van der Waals surface area contributed by atoms with Crippen LogP contribution in [0, 0.1) is 0 Å². The Morgan fingerprint density at radius 3 is 3.00 bits per heavy atom. The molecule has 9 nitrogen and oxygen atoms in total. The van der Waals surface area contributed by atoms with Gasteiger partial charge in [0.05, 0.1) is 36.3 Å². The standard InChI is InChI=1S/C22H24N4O5S/c1-30-17-6-2-5-15(20(17)23)21(28)24-9-3-4-14-11-26(22(29)31-14)13-7-8-18-16(10-13)25-19(27)12-32-18/h2,5-8,10,14H,3-4,9,11-12,23H2,1H3,(H,24,28)(H,25,27). The summed E-state index contributed by atoms with van der Waals surface area (Å²) in [6.07, 6.45) is 0.547. The number of ether oxygens (including phenoxy) is 2. The van der Waals surface area contributed by atoms with Gasteiger partial charge in [0.25, 0.3) is 5.91 Å². The summed E-state index contributed by atoms with van der Waals surface area (Å²) in [4.78, 5) is 38.9. The molecular weight excluding hydrogens is 432 g/mol. The Morgan fingerprint density at radius 2 is 2.19 bits per heavy atom. The van der Waals surface area contributed by atoms with Crippen LogP contribution in [0.5, 0.6) is 5.75 Å². The molecule has 1 unspecified atom stereocenters. The average Bonchev–Trinajstić information content (AvgIpc) is 3.16. The Bertz CT molecular complexity index is 1060. The van der Waals surface area contributed by atoms with Crippen LogP contribution < -0.4 is 26.0 Å². The predicted molar refractivity (Wildman–Crippen MR) is 122 cm³/mol. The zero-order chi connectivity index (χ0) is 22.7. The van der Waals surface area contributed by atoms with Gasteiger partial charge in [0.2, 0.25) is 5.91 Å². The van der Waals surface area contributed by atoms with Gasteiger partial charge in [-0.1, -0.05) is 6.07 Å². The van der Waals surface area contributed by atoms with Gasteiger partial charge in [0.15, 0.2) is 0 Å². The number of nitrogens with zero attached hydrogens (tertiary/aromatic N) is 1. The van der Waals surface area contributed by atoms with Crippen molar-refractivity contribution in [2.24, 2.45) is 0 Å². The minimum atomic E-state index is -0.419. The maximum Gasteiger partial charge on any atom is 0.414 e. The molecule has 4 N–H and O–H groups in total. The fourth-order valence-electron chi connectivity index (χ4n) is 3.67. The van der Waals surface area contributed by atoms with E-state index in [0.29, 0.717) is 60.1 Å². The zero-order valence-electron chi connectivity index (χ0n) is 17.6. The van der Waals surface area contributed by atoms with Crippen LogP contribution in [-0.4, -0.2) is 50.0 Å². The number of hydrogen-bond donors (Lipinski definition) is 3. The molecule has 168 valence electrons. The minimum absolute atomic E-state index is 0.0562. The Labute approximate surface area is 189 Å². The Balaban J connectivity index is 1.28. The maximum absolute atomic E-state index is 12.4. The van der Waals surface area contributed by atoms with E-state index in [-0.39, 0.29) is 17.9 Å². The summed E-state index contributed by atoms with van der Waals surface area (Å²) in [5.74, 6) is 0.511. The van der Waals surface area contributed by atoms with Gasteiger partial charge in [0.1, 0.15) is 11.9 Å². The van der Waals surface area contributed by atoms with Crippen molar-refractivity contribution in [3.05, 3.63) is 42.0 Å². The van der Waals surface area contributed by atoms with E-state index in [9.17, 15) is 14.4 Å². The van der Waals surface area contributed by atoms with Gasteiger partial charge in [0, 0.05) is 17.1 Å². The molecule has 4 rings (SSSR count). The third-order valence-electron chi connectivity index (χ3n) is 5.30. The van der Waals surface area contributed by atoms with Crippen molar-refractivity contribution in [2.75, 3.05) is 41.9 Å². The van der Waals surface area contributed by atoms with E-state index >= 15 is 0 Å². The summed E-state index contributed by atoms with van der Waals surface area (Å²) in [6.45, 7) is 0.834. The van der Waals surface area contributed by atoms with Gasteiger partial charge in [-0.25, -0.2) is 4.79 Å². The number of fused-ring (bicyclic) bond motifs is 1. The maximum atomic E-state index is 12.4. The normalized spacial score (nSPS) is 17.4. The number of anilines is 3. The van der Waals surface area contributed by atoms with Crippen LogP contribution in [0.4, 0.5) is 21.9 Å². The van der Waals surface area contributed by atoms with E-state index in [2.05, 4.69) is 10.6 Å². The lowest BCUT2D eigenvalue weighted by Crippen LogP contribution is -2.27. The summed E-state index contributed by atoms with van der Waals surface area (Å²) in [6, 6.07) is 10.6. The van der Waals surface area contributed by atoms with Gasteiger partial charge in [-0.2, -0.15) is 0 Å². The quantitative estimate of drug-likeness (QED) is 0.432. The van der Waals surface area contributed by atoms with Crippen LogP contribution in [0.1, 0.15) is 23.2 Å². The smallest absolute Gasteiger partial charge is 0.414 e. The van der Waals surface area contributed by atoms with Crippen LogP contribution in [0.3, 0.4) is 0 Å². The highest BCUT2D eigenvalue weighted by Crippen LogP contribution is 2.35. The topological polar surface area (TPSA) is 123 Å². The number of carbonyl (C=O) groups excluding carboxylic acids is 3. The number of para-hydroxylation sites is 1. The first-order valence-electron chi connectivity index (χ1n) is 10.2. The van der Waals surface area contributed by atoms with Crippen molar-refractivity contribution < 1.29 is 23.9 Å². The van der Waals surface area contributed by atoms with Crippen LogP contribution >= 0.6 is 11.8 Å². The number of cyclic esters (lactones) is 1. The molecule has 1 saturated heterocycles. The number of methoxy groups -OCH3 is 1. The first-order valence-corrected chi connectivity index (χ1v) is 11.2. The second-order valence-corrected chi connectivity index (χ2v) is 8.47. The molecule has 0 spiro atoms. The lowest BCUT2D eigenvalue weighted by Gasteiger charge is -2.20. The van der Waals surface area contributed by atoms with Gasteiger partial charge < -0.3 is 25.8 Å². The SMILES string of the molecule is COc1cccc(C(=O)NCCCC2CN(c3ccc4c(c3)NC(=O)CS4)C(=O)O2)c1N. The first kappa shape index (κ1) is 21.8. The highest BCUT2D eigenvalue weighted by Gasteiger charge is 2.32. The van der Waals surface area contributed by atoms with Crippen molar-refractivity contribution in [2.45, 2.75) is 23.8 Å². The second kappa shape index (κ2) is 9.39. The van der Waals surface area contributed by atoms with E-state index in [0.717, 1.165) is 4.90 Å². The van der Waals surface area contributed by atoms with E-state index in [4.69, 9.17) is 15.2 Å². The zero-order valence-corrected chi connectivity index (χ0v) is 18.4. The molecule has 0 aromatic heterocycles. The molecule has 0 bridgehead atoms. The average molecular weight is 457 g/mol. The van der Waals surface area contributed by atoms with Crippen LogP contribution in [0.2, 0.25) is 0 Å². The highest BCUT2D eigenvalue weighted by atomic mass is 32.2. The van der Waals surface area contributed by atoms with Crippen molar-refractivity contribution in [3.63, 3.8) is 0 Å². The predicted octanol–water partition coefficient (Wildman–Crippen LogP) is 2.86. The van der Waals surface area contributed by atoms with E-state index in [1.165, 1.54) is 18.9 Å². The van der Waals surface area contributed by atoms with Crippen LogP contribution in [0.25, 0.3) is 0 Å². The van der Waals surface area contributed by atoms with Gasteiger partial charge >= 0.3 is 6.09 Å². The Hall–Kier alpha value is -3.40. The van der Waals surface area contributed by atoms with Crippen molar-refractivity contribution in [1.29, 1.82) is 0 Å². The number of nitrogen functional groups attached to an aromatic ring is 1. The summed E-state index contributed by atoms with van der Waals surface area (Å²) in [5.41, 5.74) is 8.01. The molecule has 2 aromatic carbocycles. The third-order valence-corrected chi connectivity index (χ3v) is 6.37. The molecule has 1 fully saturated rings. The number of nitrogens with two attached hydrogens (primary N) is 1. The van der Waals surface area contributed by atoms with Crippen molar-refractivity contribution >= 4 is 46.7 Å². The molecule has 2 aromatic rings. The van der Waals surface area contributed by atoms with Gasteiger partial charge in [-0.05, 0) is 43.2 Å². The van der Waals surface area contributed by atoms with Crippen molar-refractivity contribution in [1.82, 2.24) is 5.32 Å². The number of thioether (sulfide) groups is 1. The number of amides is 3. The molecule has 2 aliphatic heterocycles. The second-order valence-electron chi connectivity index (χ2n) is 7.45. The van der Waals surface area contributed by atoms with Crippen LogP contribution in [-0.2, 0) is 9.53 Å². The van der Waals surface area contributed by atoms with Gasteiger partial charge in [-0.15, -0.1) is 11.8 Å². The molecular formula is C22H24N4O5S. The summed E-state index contributed by atoms with van der Waals surface area (Å²) < 4.78 is 10.6. The van der Waals surface area contributed by atoms with E-state index in [1.54, 1.807) is 29.2 Å². The fraction of sp³-hybridized carbons (Fsp3) is 0.318. The lowest BCUT2D eigenvalue weighted by molar-refractivity contribution is -0.113. The molecule has 3 amide bonds. The first-order chi connectivity index (χ1) is 15.5. The monoisotopic (exact) mass is 456 g/mol. The molecule has 0 radical (unpaired) electrons. The molecule has 0 aliphatic carbocycles. The number of nitrogens with one attached hydrogen (secondary N) is 2. The number of benzene rings is 2. The number of rotatable bonds is 7. The van der Waals surface area contributed by atoms with Crippen molar-refractivity contribution in [3.8, 4) is 5.75 Å². The molecule has 2 heterocycles. The Kier molecular flexibility index (Phi) is 6.40. The molecule has 0 saturated carbocycles. The molecule has 32 heavy (non-hydrogen) atoms.